The highest BCUT2D eigenvalue weighted by Crippen LogP contribution is 2.32. The number of halogens is 2. The van der Waals surface area contributed by atoms with Gasteiger partial charge in [0.2, 0.25) is 10.0 Å². The van der Waals surface area contributed by atoms with E-state index < -0.39 is 15.8 Å². The largest absolute Gasteiger partial charge is 0.393 e. The summed E-state index contributed by atoms with van der Waals surface area (Å²) >= 11 is 5.79. The molecule has 0 heterocycles. The molecule has 1 aromatic carbocycles. The van der Waals surface area contributed by atoms with Crippen LogP contribution in [0, 0.1) is 11.7 Å². The molecule has 0 amide bonds. The summed E-state index contributed by atoms with van der Waals surface area (Å²) in [6.45, 7) is 1.88. The van der Waals surface area contributed by atoms with Crippen molar-refractivity contribution in [1.82, 2.24) is 4.72 Å². The van der Waals surface area contributed by atoms with Crippen LogP contribution < -0.4 is 4.72 Å². The number of aliphatic hydroxyl groups excluding tert-OH is 1. The summed E-state index contributed by atoms with van der Waals surface area (Å²) in [5, 5.41) is 9.17. The number of hydrogen-bond acceptors (Lipinski definition) is 3. The van der Waals surface area contributed by atoms with Crippen LogP contribution in [0.4, 0.5) is 4.39 Å². The van der Waals surface area contributed by atoms with Crippen molar-refractivity contribution in [2.24, 2.45) is 5.92 Å². The van der Waals surface area contributed by atoms with Crippen LogP contribution in [0.2, 0.25) is 5.02 Å². The average Bonchev–Trinajstić information content (AvgIpc) is 2.32. The molecule has 1 saturated carbocycles. The Morgan fingerprint density at radius 3 is 2.65 bits per heavy atom. The van der Waals surface area contributed by atoms with E-state index in [1.54, 1.807) is 0 Å². The van der Waals surface area contributed by atoms with Crippen molar-refractivity contribution >= 4 is 21.6 Å². The molecule has 0 spiro atoms. The highest BCUT2D eigenvalue weighted by atomic mass is 35.5. The lowest BCUT2D eigenvalue weighted by Gasteiger charge is -2.37. The minimum Gasteiger partial charge on any atom is -0.393 e. The Labute approximate surface area is 123 Å². The lowest BCUT2D eigenvalue weighted by Crippen LogP contribution is -2.46. The molecule has 4 nitrogen and oxygen atoms in total. The van der Waals surface area contributed by atoms with Gasteiger partial charge in [-0.3, -0.25) is 0 Å². The Hall–Kier alpha value is -0.690. The second-order valence-electron chi connectivity index (χ2n) is 5.10. The maximum Gasteiger partial charge on any atom is 0.242 e. The van der Waals surface area contributed by atoms with Gasteiger partial charge in [0.25, 0.3) is 0 Å². The standard InChI is InChI=1S/C13H17ClFNO3S/c1-2-12(8-5-10(17)6-8)16-20(18,19)13-4-3-9(15)7-11(13)14/h3-4,7-8,10,12,16-17H,2,5-6H2,1H3. The first kappa shape index (κ1) is 15.7. The van der Waals surface area contributed by atoms with Crippen LogP contribution in [0.1, 0.15) is 26.2 Å². The lowest BCUT2D eigenvalue weighted by atomic mass is 9.77. The number of benzene rings is 1. The van der Waals surface area contributed by atoms with Gasteiger partial charge in [0.05, 0.1) is 11.1 Å². The van der Waals surface area contributed by atoms with Crippen molar-refractivity contribution in [1.29, 1.82) is 0 Å². The number of hydrogen-bond donors (Lipinski definition) is 2. The maximum atomic E-state index is 13.0. The Bertz CT molecular complexity index is 587. The molecular formula is C13H17ClFNO3S. The second kappa shape index (κ2) is 5.97. The van der Waals surface area contributed by atoms with E-state index in [1.165, 1.54) is 0 Å². The van der Waals surface area contributed by atoms with Crippen LogP contribution in [-0.4, -0.2) is 25.7 Å². The molecule has 1 fully saturated rings. The van der Waals surface area contributed by atoms with Crippen LogP contribution in [0.15, 0.2) is 23.1 Å². The summed E-state index contributed by atoms with van der Waals surface area (Å²) in [5.74, 6) is -0.452. The zero-order valence-corrected chi connectivity index (χ0v) is 12.6. The molecule has 2 rings (SSSR count). The topological polar surface area (TPSA) is 66.4 Å². The molecule has 1 unspecified atom stereocenters. The van der Waals surface area contributed by atoms with Gasteiger partial charge in [-0.15, -0.1) is 0 Å². The highest BCUT2D eigenvalue weighted by molar-refractivity contribution is 7.89. The Balaban J connectivity index is 2.17. The van der Waals surface area contributed by atoms with Crippen LogP contribution in [-0.2, 0) is 10.0 Å². The third kappa shape index (κ3) is 3.31. The molecule has 20 heavy (non-hydrogen) atoms. The van der Waals surface area contributed by atoms with E-state index in [0.29, 0.717) is 19.3 Å². The maximum absolute atomic E-state index is 13.0. The van der Waals surface area contributed by atoms with Crippen molar-refractivity contribution < 1.29 is 17.9 Å². The summed E-state index contributed by atoms with van der Waals surface area (Å²) in [4.78, 5) is -0.126. The van der Waals surface area contributed by atoms with Gasteiger partial charge in [-0.1, -0.05) is 18.5 Å². The van der Waals surface area contributed by atoms with Gasteiger partial charge in [-0.2, -0.15) is 0 Å². The van der Waals surface area contributed by atoms with Gasteiger partial charge in [0.15, 0.2) is 0 Å². The first-order chi connectivity index (χ1) is 9.33. The first-order valence-electron chi connectivity index (χ1n) is 6.49. The van der Waals surface area contributed by atoms with Gasteiger partial charge in [0, 0.05) is 6.04 Å². The zero-order chi connectivity index (χ0) is 14.9. The monoisotopic (exact) mass is 321 g/mol. The summed E-state index contributed by atoms with van der Waals surface area (Å²) in [7, 11) is -3.79. The SMILES string of the molecule is CCC(NS(=O)(=O)c1ccc(F)cc1Cl)C1CC(O)C1. The van der Waals surface area contributed by atoms with E-state index in [4.69, 9.17) is 11.6 Å². The van der Waals surface area contributed by atoms with Gasteiger partial charge < -0.3 is 5.11 Å². The van der Waals surface area contributed by atoms with Gasteiger partial charge in [-0.25, -0.2) is 17.5 Å². The minimum atomic E-state index is -3.79. The lowest BCUT2D eigenvalue weighted by molar-refractivity contribution is 0.0277. The van der Waals surface area contributed by atoms with E-state index >= 15 is 0 Å². The van der Waals surface area contributed by atoms with E-state index in [-0.39, 0.29) is 28.0 Å². The Morgan fingerprint density at radius 2 is 2.15 bits per heavy atom. The Morgan fingerprint density at radius 1 is 1.50 bits per heavy atom. The second-order valence-corrected chi connectivity index (χ2v) is 7.19. The fourth-order valence-corrected chi connectivity index (χ4v) is 4.35. The number of nitrogens with one attached hydrogen (secondary N) is 1. The molecule has 2 N–H and O–H groups in total. The molecular weight excluding hydrogens is 305 g/mol. The van der Waals surface area contributed by atoms with Crippen molar-refractivity contribution in [2.45, 2.75) is 43.2 Å². The quantitative estimate of drug-likeness (QED) is 0.874. The van der Waals surface area contributed by atoms with Crippen LogP contribution in [0.5, 0.6) is 0 Å². The van der Waals surface area contributed by atoms with Crippen molar-refractivity contribution in [3.63, 3.8) is 0 Å². The summed E-state index contributed by atoms with van der Waals surface area (Å²) in [6, 6.07) is 2.95. The fourth-order valence-electron chi connectivity index (χ4n) is 2.43. The predicted octanol–water partition coefficient (Wildman–Crippen LogP) is 2.31. The van der Waals surface area contributed by atoms with E-state index in [1.807, 2.05) is 6.92 Å². The normalized spacial score (nSPS) is 24.2. The fraction of sp³-hybridized carbons (Fsp3) is 0.538. The molecule has 0 aliphatic heterocycles. The smallest absolute Gasteiger partial charge is 0.242 e. The molecule has 0 radical (unpaired) electrons. The van der Waals surface area contributed by atoms with Crippen molar-refractivity contribution in [3.8, 4) is 0 Å². The number of sulfonamides is 1. The highest BCUT2D eigenvalue weighted by Gasteiger charge is 2.35. The predicted molar refractivity (Wildman–Crippen MR) is 74.5 cm³/mol. The average molecular weight is 322 g/mol. The van der Waals surface area contributed by atoms with Crippen LogP contribution in [0.25, 0.3) is 0 Å². The third-order valence-electron chi connectivity index (χ3n) is 3.65. The minimum absolute atomic E-state index is 0.126. The van der Waals surface area contributed by atoms with E-state index in [2.05, 4.69) is 4.72 Å². The van der Waals surface area contributed by atoms with Crippen molar-refractivity contribution in [3.05, 3.63) is 29.0 Å². The molecule has 0 saturated heterocycles. The van der Waals surface area contributed by atoms with E-state index in [9.17, 15) is 17.9 Å². The molecule has 112 valence electrons. The molecule has 0 aromatic heterocycles. The van der Waals surface area contributed by atoms with Gasteiger partial charge >= 0.3 is 0 Å². The zero-order valence-electron chi connectivity index (χ0n) is 11.0. The summed E-state index contributed by atoms with van der Waals surface area (Å²) < 4.78 is 40.1. The summed E-state index contributed by atoms with van der Waals surface area (Å²) in [6.07, 6.45) is 1.47. The number of rotatable bonds is 5. The number of aliphatic hydroxyl groups is 1. The van der Waals surface area contributed by atoms with Crippen molar-refractivity contribution in [2.75, 3.05) is 0 Å². The van der Waals surface area contributed by atoms with E-state index in [0.717, 1.165) is 18.2 Å². The molecule has 1 aliphatic carbocycles. The molecule has 0 bridgehead atoms. The van der Waals surface area contributed by atoms with Crippen LogP contribution >= 0.6 is 11.6 Å². The van der Waals surface area contributed by atoms with Gasteiger partial charge in [0.1, 0.15) is 10.7 Å². The Kier molecular flexibility index (Phi) is 4.69. The third-order valence-corrected chi connectivity index (χ3v) is 5.62. The van der Waals surface area contributed by atoms with Crippen LogP contribution in [0.3, 0.4) is 0 Å². The van der Waals surface area contributed by atoms with Gasteiger partial charge in [-0.05, 0) is 43.4 Å². The molecule has 1 aliphatic rings. The first-order valence-corrected chi connectivity index (χ1v) is 8.35. The molecule has 1 aromatic rings. The summed E-state index contributed by atoms with van der Waals surface area (Å²) in [5.41, 5.74) is 0. The molecule has 1 atom stereocenters. The molecule has 7 heteroatoms.